The lowest BCUT2D eigenvalue weighted by Crippen LogP contribution is -2.53. The molecule has 2 aliphatic rings. The highest BCUT2D eigenvalue weighted by atomic mass is 16.2. The average Bonchev–Trinajstić information content (AvgIpc) is 2.50. The molecule has 0 radical (unpaired) electrons. The van der Waals surface area contributed by atoms with Crippen molar-refractivity contribution in [3.05, 3.63) is 0 Å². The van der Waals surface area contributed by atoms with Gasteiger partial charge < -0.3 is 16.4 Å². The number of nitrogens with one attached hydrogen (secondary N) is 2. The molecular formula is C10H17N3O2. The molecule has 2 rings (SSSR count). The molecule has 0 aromatic carbocycles. The molecule has 5 nitrogen and oxygen atoms in total. The minimum atomic E-state index is -0.342. The van der Waals surface area contributed by atoms with Crippen LogP contribution in [0.1, 0.15) is 25.7 Å². The molecule has 1 saturated heterocycles. The molecule has 0 bridgehead atoms. The zero-order valence-corrected chi connectivity index (χ0v) is 8.71. The van der Waals surface area contributed by atoms with Gasteiger partial charge in [-0.05, 0) is 12.8 Å². The van der Waals surface area contributed by atoms with Crippen LogP contribution in [0.2, 0.25) is 0 Å². The van der Waals surface area contributed by atoms with E-state index in [1.165, 1.54) is 0 Å². The van der Waals surface area contributed by atoms with Gasteiger partial charge in [-0.25, -0.2) is 0 Å². The van der Waals surface area contributed by atoms with Gasteiger partial charge in [0.1, 0.15) is 0 Å². The molecule has 1 aliphatic carbocycles. The molecule has 2 fully saturated rings. The van der Waals surface area contributed by atoms with Crippen molar-refractivity contribution in [2.75, 3.05) is 13.1 Å². The molecule has 84 valence electrons. The van der Waals surface area contributed by atoms with E-state index in [1.54, 1.807) is 0 Å². The lowest BCUT2D eigenvalue weighted by Gasteiger charge is -2.39. The molecule has 5 heteroatoms. The number of carbonyl (C=O) groups excluding carboxylic acids is 2. The van der Waals surface area contributed by atoms with E-state index in [0.29, 0.717) is 19.5 Å². The van der Waals surface area contributed by atoms with Gasteiger partial charge in [0.15, 0.2) is 0 Å². The Balaban J connectivity index is 1.89. The zero-order chi connectivity index (χ0) is 10.9. The van der Waals surface area contributed by atoms with Crippen LogP contribution in [0.4, 0.5) is 0 Å². The zero-order valence-electron chi connectivity index (χ0n) is 8.71. The highest BCUT2D eigenvalue weighted by Gasteiger charge is 2.43. The first-order valence-electron chi connectivity index (χ1n) is 5.44. The fourth-order valence-corrected chi connectivity index (χ4v) is 2.17. The van der Waals surface area contributed by atoms with E-state index >= 15 is 0 Å². The molecule has 1 saturated carbocycles. The second-order valence-electron chi connectivity index (χ2n) is 4.52. The quantitative estimate of drug-likeness (QED) is 0.567. The minimum absolute atomic E-state index is 0.00991. The predicted octanol–water partition coefficient (Wildman–Crippen LogP) is -0.880. The number of carbonyl (C=O) groups is 2. The van der Waals surface area contributed by atoms with Crippen molar-refractivity contribution in [3.8, 4) is 0 Å². The van der Waals surface area contributed by atoms with Crippen LogP contribution in [0, 0.1) is 5.41 Å². The number of hydrogen-bond acceptors (Lipinski definition) is 3. The van der Waals surface area contributed by atoms with Gasteiger partial charge >= 0.3 is 0 Å². The number of nitrogens with two attached hydrogens (primary N) is 1. The summed E-state index contributed by atoms with van der Waals surface area (Å²) in [5.74, 6) is 0.0356. The summed E-state index contributed by atoms with van der Waals surface area (Å²) in [4.78, 5) is 22.9. The van der Waals surface area contributed by atoms with Crippen molar-refractivity contribution >= 4 is 11.8 Å². The van der Waals surface area contributed by atoms with E-state index in [2.05, 4.69) is 10.6 Å². The van der Waals surface area contributed by atoms with Crippen LogP contribution in [-0.2, 0) is 9.59 Å². The Labute approximate surface area is 88.8 Å². The highest BCUT2D eigenvalue weighted by Crippen LogP contribution is 2.40. The van der Waals surface area contributed by atoms with Crippen molar-refractivity contribution in [2.24, 2.45) is 11.1 Å². The third kappa shape index (κ3) is 1.84. The SMILES string of the molecule is NCC1(C(=O)NC2CNC(=O)C2)CCC1. The molecular weight excluding hydrogens is 194 g/mol. The fourth-order valence-electron chi connectivity index (χ4n) is 2.17. The molecule has 1 aliphatic heterocycles. The third-order valence-corrected chi connectivity index (χ3v) is 3.50. The van der Waals surface area contributed by atoms with Crippen LogP contribution in [0.5, 0.6) is 0 Å². The summed E-state index contributed by atoms with van der Waals surface area (Å²) in [6.45, 7) is 0.957. The van der Waals surface area contributed by atoms with Crippen LogP contribution in [0.3, 0.4) is 0 Å². The van der Waals surface area contributed by atoms with E-state index < -0.39 is 0 Å². The molecule has 1 atom stereocenters. The Bertz CT molecular complexity index is 281. The molecule has 4 N–H and O–H groups in total. The molecule has 0 aromatic rings. The highest BCUT2D eigenvalue weighted by molar-refractivity contribution is 5.86. The van der Waals surface area contributed by atoms with Gasteiger partial charge in [0, 0.05) is 19.5 Å². The van der Waals surface area contributed by atoms with Gasteiger partial charge in [-0.2, -0.15) is 0 Å². The number of hydrogen-bond donors (Lipinski definition) is 3. The van der Waals surface area contributed by atoms with Gasteiger partial charge in [-0.1, -0.05) is 6.42 Å². The van der Waals surface area contributed by atoms with Crippen LogP contribution in [0.25, 0.3) is 0 Å². The topological polar surface area (TPSA) is 84.2 Å². The van der Waals surface area contributed by atoms with Crippen molar-refractivity contribution in [1.82, 2.24) is 10.6 Å². The van der Waals surface area contributed by atoms with Crippen LogP contribution in [-0.4, -0.2) is 30.9 Å². The van der Waals surface area contributed by atoms with E-state index in [4.69, 9.17) is 5.73 Å². The summed E-state index contributed by atoms with van der Waals surface area (Å²) < 4.78 is 0. The summed E-state index contributed by atoms with van der Waals surface area (Å²) >= 11 is 0. The van der Waals surface area contributed by atoms with Gasteiger partial charge in [0.25, 0.3) is 0 Å². The lowest BCUT2D eigenvalue weighted by molar-refractivity contribution is -0.135. The van der Waals surface area contributed by atoms with Gasteiger partial charge in [0.05, 0.1) is 11.5 Å². The maximum atomic E-state index is 11.9. The van der Waals surface area contributed by atoms with E-state index in [9.17, 15) is 9.59 Å². The Hall–Kier alpha value is -1.10. The summed E-state index contributed by atoms with van der Waals surface area (Å²) in [6, 6.07) is -0.0472. The summed E-state index contributed by atoms with van der Waals surface area (Å²) in [5.41, 5.74) is 5.29. The standard InChI is InChI=1S/C10H17N3O2/c11-6-10(2-1-3-10)9(15)13-7-4-8(14)12-5-7/h7H,1-6,11H2,(H,12,14)(H,13,15). The Morgan fingerprint density at radius 1 is 1.60 bits per heavy atom. The smallest absolute Gasteiger partial charge is 0.227 e. The Kier molecular flexibility index (Phi) is 2.65. The van der Waals surface area contributed by atoms with Crippen molar-refractivity contribution in [1.29, 1.82) is 0 Å². The van der Waals surface area contributed by atoms with Crippen LogP contribution < -0.4 is 16.4 Å². The number of rotatable bonds is 3. The fraction of sp³-hybridized carbons (Fsp3) is 0.800. The van der Waals surface area contributed by atoms with Gasteiger partial charge in [0.2, 0.25) is 11.8 Å². The number of amides is 2. The van der Waals surface area contributed by atoms with Gasteiger partial charge in [-0.15, -0.1) is 0 Å². The van der Waals surface area contributed by atoms with E-state index in [1.807, 2.05) is 0 Å². The maximum absolute atomic E-state index is 11.9. The first-order valence-corrected chi connectivity index (χ1v) is 5.44. The van der Waals surface area contributed by atoms with Crippen molar-refractivity contribution in [2.45, 2.75) is 31.7 Å². The normalized spacial score (nSPS) is 28.1. The molecule has 15 heavy (non-hydrogen) atoms. The van der Waals surface area contributed by atoms with Crippen LogP contribution >= 0.6 is 0 Å². The first kappa shape index (κ1) is 10.4. The maximum Gasteiger partial charge on any atom is 0.227 e. The predicted molar refractivity (Wildman–Crippen MR) is 54.9 cm³/mol. The van der Waals surface area contributed by atoms with Crippen molar-refractivity contribution < 1.29 is 9.59 Å². The second-order valence-corrected chi connectivity index (χ2v) is 4.52. The second kappa shape index (κ2) is 3.81. The van der Waals surface area contributed by atoms with E-state index in [0.717, 1.165) is 19.3 Å². The lowest BCUT2D eigenvalue weighted by atomic mass is 9.68. The summed E-state index contributed by atoms with van der Waals surface area (Å²) in [7, 11) is 0. The van der Waals surface area contributed by atoms with Crippen LogP contribution in [0.15, 0.2) is 0 Å². The monoisotopic (exact) mass is 211 g/mol. The largest absolute Gasteiger partial charge is 0.354 e. The van der Waals surface area contributed by atoms with E-state index in [-0.39, 0.29) is 23.3 Å². The molecule has 1 heterocycles. The molecule has 0 spiro atoms. The molecule has 1 unspecified atom stereocenters. The molecule has 0 aromatic heterocycles. The summed E-state index contributed by atoms with van der Waals surface area (Å²) in [5, 5.41) is 5.60. The average molecular weight is 211 g/mol. The van der Waals surface area contributed by atoms with Gasteiger partial charge in [-0.3, -0.25) is 9.59 Å². The first-order chi connectivity index (χ1) is 7.16. The third-order valence-electron chi connectivity index (χ3n) is 3.50. The Morgan fingerprint density at radius 2 is 2.33 bits per heavy atom. The Morgan fingerprint density at radius 3 is 2.73 bits per heavy atom. The molecule has 2 amide bonds. The minimum Gasteiger partial charge on any atom is -0.354 e. The summed E-state index contributed by atoms with van der Waals surface area (Å²) in [6.07, 6.45) is 3.23. The van der Waals surface area contributed by atoms with Crippen molar-refractivity contribution in [3.63, 3.8) is 0 Å².